The Morgan fingerprint density at radius 3 is 2.46 bits per heavy atom. The summed E-state index contributed by atoms with van der Waals surface area (Å²) in [6, 6.07) is 10.9. The molecule has 4 heterocycles. The van der Waals surface area contributed by atoms with Gasteiger partial charge in [-0.15, -0.1) is 0 Å². The maximum atomic E-state index is 13.5. The number of hydrogen-bond acceptors (Lipinski definition) is 7. The van der Waals surface area contributed by atoms with Crippen molar-refractivity contribution in [2.75, 3.05) is 20.2 Å². The molecule has 190 valence electrons. The number of alkyl halides is 2. The molecule has 1 aromatic carbocycles. The minimum Gasteiger partial charge on any atom is -0.480 e. The fraction of sp³-hybridized carbons (Fsp3) is 0.370. The van der Waals surface area contributed by atoms with Crippen LogP contribution in [0.5, 0.6) is 5.88 Å². The summed E-state index contributed by atoms with van der Waals surface area (Å²) in [6.07, 6.45) is 5.18. The first kappa shape index (κ1) is 23.6. The van der Waals surface area contributed by atoms with E-state index in [1.165, 1.54) is 12.4 Å². The van der Waals surface area contributed by atoms with Crippen LogP contribution in [0.2, 0.25) is 0 Å². The zero-order chi connectivity index (χ0) is 25.6. The van der Waals surface area contributed by atoms with Crippen molar-refractivity contribution in [1.82, 2.24) is 29.4 Å². The van der Waals surface area contributed by atoms with Crippen molar-refractivity contribution >= 4 is 11.0 Å². The molecular formula is C27H26F2N6O2. The average Bonchev–Trinajstić information content (AvgIpc) is 3.69. The molecule has 8 nitrogen and oxygen atoms in total. The first-order chi connectivity index (χ1) is 17.9. The predicted molar refractivity (Wildman–Crippen MR) is 134 cm³/mol. The standard InChI is InChI=1S/C27H26F2N6O2/c1-37-26-22(23(19-6-7-19)31-16-32-26)24-30-12-20-8-9-21(36)35(25(20)33-24)14-18-4-2-17(3-5-18)13-34-11-10-27(28,29)15-34/h2-5,8-9,12,16,19H,6-7,10-11,13-15H2,1H3. The number of benzene rings is 1. The van der Waals surface area contributed by atoms with Crippen LogP contribution in [0.1, 0.15) is 42.0 Å². The first-order valence-corrected chi connectivity index (χ1v) is 12.3. The third-order valence-corrected chi connectivity index (χ3v) is 6.96. The second-order valence-electron chi connectivity index (χ2n) is 9.78. The molecule has 0 radical (unpaired) electrons. The Morgan fingerprint density at radius 2 is 1.78 bits per heavy atom. The molecule has 0 spiro atoms. The molecule has 1 saturated heterocycles. The van der Waals surface area contributed by atoms with Gasteiger partial charge in [0.2, 0.25) is 5.88 Å². The van der Waals surface area contributed by atoms with Gasteiger partial charge in [-0.05, 0) is 30.0 Å². The highest BCUT2D eigenvalue weighted by Gasteiger charge is 2.37. The number of methoxy groups -OCH3 is 1. The van der Waals surface area contributed by atoms with Crippen LogP contribution in [0.3, 0.4) is 0 Å². The van der Waals surface area contributed by atoms with Gasteiger partial charge in [0.05, 0.1) is 25.9 Å². The molecule has 4 aromatic rings. The van der Waals surface area contributed by atoms with Crippen molar-refractivity contribution in [3.8, 4) is 17.3 Å². The van der Waals surface area contributed by atoms with Crippen molar-refractivity contribution in [2.45, 2.75) is 44.2 Å². The van der Waals surface area contributed by atoms with Gasteiger partial charge in [0, 0.05) is 43.1 Å². The molecule has 1 aliphatic heterocycles. The zero-order valence-corrected chi connectivity index (χ0v) is 20.4. The summed E-state index contributed by atoms with van der Waals surface area (Å²) in [5.74, 6) is -1.45. The Labute approximate surface area is 212 Å². The maximum absolute atomic E-state index is 13.5. The molecule has 0 amide bonds. The van der Waals surface area contributed by atoms with Gasteiger partial charge in [-0.25, -0.2) is 28.7 Å². The van der Waals surface area contributed by atoms with Gasteiger partial charge in [-0.2, -0.15) is 0 Å². The molecule has 0 atom stereocenters. The van der Waals surface area contributed by atoms with E-state index in [9.17, 15) is 13.6 Å². The number of ether oxygens (including phenoxy) is 1. The van der Waals surface area contributed by atoms with E-state index in [2.05, 4.69) is 15.0 Å². The van der Waals surface area contributed by atoms with Crippen LogP contribution in [0.25, 0.3) is 22.4 Å². The molecule has 0 bridgehead atoms. The van der Waals surface area contributed by atoms with Crippen LogP contribution >= 0.6 is 0 Å². The van der Waals surface area contributed by atoms with Gasteiger partial charge < -0.3 is 4.74 Å². The Hall–Kier alpha value is -3.79. The highest BCUT2D eigenvalue weighted by molar-refractivity contribution is 5.78. The topological polar surface area (TPSA) is 86.0 Å². The van der Waals surface area contributed by atoms with E-state index in [4.69, 9.17) is 9.72 Å². The molecule has 0 N–H and O–H groups in total. The van der Waals surface area contributed by atoms with E-state index >= 15 is 0 Å². The zero-order valence-electron chi connectivity index (χ0n) is 20.4. The molecule has 2 fully saturated rings. The van der Waals surface area contributed by atoms with Gasteiger partial charge in [0.15, 0.2) is 5.82 Å². The van der Waals surface area contributed by atoms with Gasteiger partial charge in [0.25, 0.3) is 11.5 Å². The average molecular weight is 505 g/mol. The summed E-state index contributed by atoms with van der Waals surface area (Å²) in [5, 5.41) is 0.735. The lowest BCUT2D eigenvalue weighted by Gasteiger charge is -2.16. The van der Waals surface area contributed by atoms with Crippen molar-refractivity contribution in [2.24, 2.45) is 0 Å². The molecular weight excluding hydrogens is 478 g/mol. The lowest BCUT2D eigenvalue weighted by molar-refractivity contribution is 0.0115. The summed E-state index contributed by atoms with van der Waals surface area (Å²) >= 11 is 0. The Bertz CT molecular complexity index is 1520. The number of rotatable bonds is 7. The van der Waals surface area contributed by atoms with Gasteiger partial charge in [0.1, 0.15) is 17.5 Å². The summed E-state index contributed by atoms with van der Waals surface area (Å²) in [5.41, 5.74) is 3.72. The summed E-state index contributed by atoms with van der Waals surface area (Å²) in [7, 11) is 1.55. The number of fused-ring (bicyclic) bond motifs is 1. The molecule has 3 aromatic heterocycles. The van der Waals surface area contributed by atoms with Gasteiger partial charge >= 0.3 is 0 Å². The van der Waals surface area contributed by atoms with Crippen LogP contribution in [0.15, 0.2) is 53.7 Å². The highest BCUT2D eigenvalue weighted by atomic mass is 19.3. The number of halogens is 2. The van der Waals surface area contributed by atoms with Gasteiger partial charge in [-0.3, -0.25) is 14.3 Å². The molecule has 10 heteroatoms. The van der Waals surface area contributed by atoms with Crippen molar-refractivity contribution in [3.05, 3.63) is 76.1 Å². The Balaban J connectivity index is 1.32. The normalized spacial score (nSPS) is 17.4. The van der Waals surface area contributed by atoms with E-state index < -0.39 is 5.92 Å². The van der Waals surface area contributed by atoms with Gasteiger partial charge in [-0.1, -0.05) is 24.3 Å². The lowest BCUT2D eigenvalue weighted by atomic mass is 10.1. The third-order valence-electron chi connectivity index (χ3n) is 6.96. The Kier molecular flexibility index (Phi) is 5.91. The molecule has 37 heavy (non-hydrogen) atoms. The van der Waals surface area contributed by atoms with Crippen LogP contribution < -0.4 is 10.3 Å². The third kappa shape index (κ3) is 4.81. The van der Waals surface area contributed by atoms with Crippen LogP contribution in [-0.4, -0.2) is 55.5 Å². The fourth-order valence-corrected chi connectivity index (χ4v) is 4.89. The minimum absolute atomic E-state index is 0.0952. The van der Waals surface area contributed by atoms with Crippen molar-refractivity contribution in [3.63, 3.8) is 0 Å². The summed E-state index contributed by atoms with van der Waals surface area (Å²) in [4.78, 5) is 32.8. The molecule has 6 rings (SSSR count). The molecule has 1 aliphatic carbocycles. The molecule has 2 aliphatic rings. The van der Waals surface area contributed by atoms with E-state index in [0.29, 0.717) is 48.5 Å². The number of aromatic nitrogens is 5. The van der Waals surface area contributed by atoms with Crippen molar-refractivity contribution in [1.29, 1.82) is 0 Å². The lowest BCUT2D eigenvalue weighted by Crippen LogP contribution is -2.24. The second kappa shape index (κ2) is 9.26. The summed E-state index contributed by atoms with van der Waals surface area (Å²) in [6.45, 7) is 0.974. The number of nitrogens with zero attached hydrogens (tertiary/aromatic N) is 6. The van der Waals surface area contributed by atoms with Crippen LogP contribution in [0, 0.1) is 0 Å². The fourth-order valence-electron chi connectivity index (χ4n) is 4.89. The van der Waals surface area contributed by atoms with E-state index in [0.717, 1.165) is 35.0 Å². The van der Waals surface area contributed by atoms with E-state index in [-0.39, 0.29) is 18.5 Å². The van der Waals surface area contributed by atoms with Crippen LogP contribution in [0.4, 0.5) is 8.78 Å². The smallest absolute Gasteiger partial charge is 0.261 e. The first-order valence-electron chi connectivity index (χ1n) is 12.3. The highest BCUT2D eigenvalue weighted by Crippen LogP contribution is 2.44. The maximum Gasteiger partial charge on any atom is 0.261 e. The molecule has 0 unspecified atom stereocenters. The predicted octanol–water partition coefficient (Wildman–Crippen LogP) is 4.02. The largest absolute Gasteiger partial charge is 0.480 e. The van der Waals surface area contributed by atoms with E-state index in [1.807, 2.05) is 24.3 Å². The number of likely N-dealkylation sites (tertiary alicyclic amines) is 1. The quantitative estimate of drug-likeness (QED) is 0.376. The van der Waals surface area contributed by atoms with Crippen molar-refractivity contribution < 1.29 is 13.5 Å². The SMILES string of the molecule is COc1ncnc(C2CC2)c1-c1ncc2ccc(=O)n(Cc3ccc(CN4CCC(F)(F)C4)cc3)c2n1. The second-order valence-corrected chi connectivity index (χ2v) is 9.78. The van der Waals surface area contributed by atoms with E-state index in [1.54, 1.807) is 28.8 Å². The number of hydrogen-bond donors (Lipinski definition) is 0. The Morgan fingerprint density at radius 1 is 1.03 bits per heavy atom. The van der Waals surface area contributed by atoms with Crippen LogP contribution in [-0.2, 0) is 13.1 Å². The summed E-state index contributed by atoms with van der Waals surface area (Å²) < 4.78 is 34.1. The number of pyridine rings is 1. The monoisotopic (exact) mass is 504 g/mol. The molecule has 1 saturated carbocycles. The minimum atomic E-state index is -2.61.